The number of ether oxygens (including phenoxy) is 1. The van der Waals surface area contributed by atoms with E-state index in [1.165, 1.54) is 25.6 Å². The number of fused-ring (bicyclic) bond motifs is 1. The van der Waals surface area contributed by atoms with Crippen LogP contribution >= 0.6 is 0 Å². The summed E-state index contributed by atoms with van der Waals surface area (Å²) in [6.45, 7) is 0. The molecule has 0 saturated heterocycles. The normalized spacial score (nSPS) is 10.8. The first-order chi connectivity index (χ1) is 13.6. The molecule has 0 saturated carbocycles. The van der Waals surface area contributed by atoms with Crippen molar-refractivity contribution in [2.45, 2.75) is 0 Å². The standard InChI is InChI=1S/C19H15FN6O2/c1-26-8-13(16(25-26)11-3-5-12(20)6-4-11)17-18-14(21-9-22-17)7-15(28-2)19(24-18)23-10-27/h3-10H,1-2H3,(H,23,24,27). The number of carbonyl (C=O) groups is 1. The van der Waals surface area contributed by atoms with Crippen molar-refractivity contribution in [2.75, 3.05) is 12.4 Å². The van der Waals surface area contributed by atoms with E-state index in [4.69, 9.17) is 4.74 Å². The number of halogens is 1. The minimum absolute atomic E-state index is 0.258. The van der Waals surface area contributed by atoms with Crippen LogP contribution in [0.2, 0.25) is 0 Å². The zero-order valence-corrected chi connectivity index (χ0v) is 15.0. The average Bonchev–Trinajstić information content (AvgIpc) is 3.09. The molecule has 28 heavy (non-hydrogen) atoms. The molecule has 1 aromatic carbocycles. The van der Waals surface area contributed by atoms with Crippen LogP contribution in [0.1, 0.15) is 0 Å². The van der Waals surface area contributed by atoms with Crippen molar-refractivity contribution < 1.29 is 13.9 Å². The zero-order valence-electron chi connectivity index (χ0n) is 15.0. The number of methoxy groups -OCH3 is 1. The minimum atomic E-state index is -0.327. The fourth-order valence-corrected chi connectivity index (χ4v) is 2.96. The van der Waals surface area contributed by atoms with Crippen LogP contribution in [0.4, 0.5) is 10.2 Å². The Morgan fingerprint density at radius 2 is 1.96 bits per heavy atom. The Morgan fingerprint density at radius 1 is 1.18 bits per heavy atom. The van der Waals surface area contributed by atoms with Gasteiger partial charge in [-0.25, -0.2) is 19.3 Å². The minimum Gasteiger partial charge on any atom is -0.493 e. The van der Waals surface area contributed by atoms with Gasteiger partial charge in [0.05, 0.1) is 12.6 Å². The summed E-state index contributed by atoms with van der Waals surface area (Å²) in [5.41, 5.74) is 3.63. The number of hydrogen-bond donors (Lipinski definition) is 1. The van der Waals surface area contributed by atoms with Crippen molar-refractivity contribution in [1.82, 2.24) is 24.7 Å². The highest BCUT2D eigenvalue weighted by atomic mass is 19.1. The molecule has 0 spiro atoms. The molecule has 0 aliphatic rings. The summed E-state index contributed by atoms with van der Waals surface area (Å²) < 4.78 is 20.2. The van der Waals surface area contributed by atoms with Gasteiger partial charge in [0.15, 0.2) is 11.6 Å². The van der Waals surface area contributed by atoms with Crippen LogP contribution in [0.25, 0.3) is 33.5 Å². The Hall–Kier alpha value is -3.88. The molecule has 0 unspecified atom stereocenters. The molecule has 0 aliphatic heterocycles. The van der Waals surface area contributed by atoms with Gasteiger partial charge in [-0.3, -0.25) is 9.48 Å². The molecule has 140 valence electrons. The van der Waals surface area contributed by atoms with E-state index >= 15 is 0 Å². The van der Waals surface area contributed by atoms with E-state index in [2.05, 4.69) is 25.4 Å². The van der Waals surface area contributed by atoms with Gasteiger partial charge in [0, 0.05) is 30.4 Å². The number of rotatable bonds is 5. The van der Waals surface area contributed by atoms with Crippen molar-refractivity contribution in [2.24, 2.45) is 7.05 Å². The van der Waals surface area contributed by atoms with Gasteiger partial charge in [0.1, 0.15) is 29.0 Å². The fourth-order valence-electron chi connectivity index (χ4n) is 2.96. The molecular formula is C19H15FN6O2. The lowest BCUT2D eigenvalue weighted by atomic mass is 10.0. The Labute approximate surface area is 159 Å². The van der Waals surface area contributed by atoms with E-state index in [0.29, 0.717) is 40.1 Å². The van der Waals surface area contributed by atoms with Gasteiger partial charge in [0.25, 0.3) is 0 Å². The lowest BCUT2D eigenvalue weighted by molar-refractivity contribution is -0.105. The molecule has 4 aromatic rings. The lowest BCUT2D eigenvalue weighted by Crippen LogP contribution is -2.02. The fraction of sp³-hybridized carbons (Fsp3) is 0.105. The number of nitrogens with zero attached hydrogens (tertiary/aromatic N) is 5. The van der Waals surface area contributed by atoms with Crippen molar-refractivity contribution in [3.8, 4) is 28.3 Å². The molecule has 0 radical (unpaired) electrons. The Bertz CT molecular complexity index is 1170. The topological polar surface area (TPSA) is 94.8 Å². The number of nitrogens with one attached hydrogen (secondary N) is 1. The summed E-state index contributed by atoms with van der Waals surface area (Å²) in [5.74, 6) is 0.314. The first-order valence-corrected chi connectivity index (χ1v) is 8.30. The maximum atomic E-state index is 13.3. The van der Waals surface area contributed by atoms with Gasteiger partial charge in [-0.2, -0.15) is 5.10 Å². The largest absolute Gasteiger partial charge is 0.493 e. The zero-order chi connectivity index (χ0) is 19.7. The van der Waals surface area contributed by atoms with Crippen LogP contribution in [0.3, 0.4) is 0 Å². The Kier molecular flexibility index (Phi) is 4.40. The highest BCUT2D eigenvalue weighted by Gasteiger charge is 2.19. The predicted octanol–water partition coefficient (Wildman–Crippen LogP) is 2.81. The van der Waals surface area contributed by atoms with E-state index in [-0.39, 0.29) is 11.6 Å². The third-order valence-corrected chi connectivity index (χ3v) is 4.19. The van der Waals surface area contributed by atoms with Crippen LogP contribution in [-0.4, -0.2) is 38.3 Å². The number of amides is 1. The molecule has 9 heteroatoms. The molecule has 3 aromatic heterocycles. The summed E-state index contributed by atoms with van der Waals surface area (Å²) in [5, 5.41) is 7.02. The van der Waals surface area contributed by atoms with Gasteiger partial charge in [-0.15, -0.1) is 0 Å². The van der Waals surface area contributed by atoms with Crippen molar-refractivity contribution in [3.63, 3.8) is 0 Å². The van der Waals surface area contributed by atoms with Crippen molar-refractivity contribution in [1.29, 1.82) is 0 Å². The molecule has 0 aliphatic carbocycles. The molecule has 4 rings (SSSR count). The summed E-state index contributed by atoms with van der Waals surface area (Å²) in [7, 11) is 3.27. The predicted molar refractivity (Wildman–Crippen MR) is 101 cm³/mol. The SMILES string of the molecule is COc1cc2ncnc(-c3cn(C)nc3-c3ccc(F)cc3)c2nc1NC=O. The molecular weight excluding hydrogens is 363 g/mol. The lowest BCUT2D eigenvalue weighted by Gasteiger charge is -2.10. The molecule has 0 bridgehead atoms. The van der Waals surface area contributed by atoms with Crippen LogP contribution < -0.4 is 10.1 Å². The van der Waals surface area contributed by atoms with Crippen LogP contribution in [0.15, 0.2) is 42.9 Å². The molecule has 3 heterocycles. The number of hydrogen-bond acceptors (Lipinski definition) is 6. The third-order valence-electron chi connectivity index (χ3n) is 4.19. The van der Waals surface area contributed by atoms with Gasteiger partial charge in [-0.1, -0.05) is 0 Å². The average molecular weight is 378 g/mol. The van der Waals surface area contributed by atoms with Gasteiger partial charge in [0.2, 0.25) is 6.41 Å². The van der Waals surface area contributed by atoms with Crippen molar-refractivity contribution >= 4 is 23.3 Å². The quantitative estimate of drug-likeness (QED) is 0.537. The number of anilines is 1. The summed E-state index contributed by atoms with van der Waals surface area (Å²) in [4.78, 5) is 24.0. The second-order valence-corrected chi connectivity index (χ2v) is 5.96. The summed E-state index contributed by atoms with van der Waals surface area (Å²) >= 11 is 0. The monoisotopic (exact) mass is 378 g/mol. The van der Waals surface area contributed by atoms with E-state index in [1.54, 1.807) is 36.1 Å². The van der Waals surface area contributed by atoms with Gasteiger partial charge in [-0.05, 0) is 24.3 Å². The summed E-state index contributed by atoms with van der Waals surface area (Å²) in [6, 6.07) is 7.73. The maximum absolute atomic E-state index is 13.3. The van der Waals surface area contributed by atoms with Gasteiger partial charge < -0.3 is 10.1 Å². The number of pyridine rings is 1. The van der Waals surface area contributed by atoms with Crippen LogP contribution in [0.5, 0.6) is 5.75 Å². The molecule has 1 amide bonds. The van der Waals surface area contributed by atoms with E-state index < -0.39 is 0 Å². The highest BCUT2D eigenvalue weighted by molar-refractivity contribution is 5.95. The Balaban J connectivity index is 1.96. The first kappa shape index (κ1) is 17.5. The number of aromatic nitrogens is 5. The maximum Gasteiger partial charge on any atom is 0.212 e. The van der Waals surface area contributed by atoms with Gasteiger partial charge >= 0.3 is 0 Å². The smallest absolute Gasteiger partial charge is 0.212 e. The first-order valence-electron chi connectivity index (χ1n) is 8.30. The highest BCUT2D eigenvalue weighted by Crippen LogP contribution is 2.35. The second kappa shape index (κ2) is 7.03. The number of benzene rings is 1. The number of carbonyl (C=O) groups excluding carboxylic acids is 1. The van der Waals surface area contributed by atoms with Crippen LogP contribution in [-0.2, 0) is 11.8 Å². The molecule has 0 fully saturated rings. The molecule has 0 atom stereocenters. The van der Waals surface area contributed by atoms with E-state index in [0.717, 1.165) is 5.56 Å². The summed E-state index contributed by atoms with van der Waals surface area (Å²) in [6.07, 6.45) is 3.75. The van der Waals surface area contributed by atoms with E-state index in [9.17, 15) is 9.18 Å². The molecule has 8 nitrogen and oxygen atoms in total. The van der Waals surface area contributed by atoms with E-state index in [1.807, 2.05) is 0 Å². The van der Waals surface area contributed by atoms with Crippen LogP contribution in [0, 0.1) is 5.82 Å². The molecule has 1 N–H and O–H groups in total. The Morgan fingerprint density at radius 3 is 2.68 bits per heavy atom. The third kappa shape index (κ3) is 3.02. The second-order valence-electron chi connectivity index (χ2n) is 5.96. The number of aryl methyl sites for hydroxylation is 1. The van der Waals surface area contributed by atoms with Crippen molar-refractivity contribution in [3.05, 3.63) is 48.7 Å².